The van der Waals surface area contributed by atoms with Gasteiger partial charge in [0.05, 0.1) is 14.2 Å². The van der Waals surface area contributed by atoms with Gasteiger partial charge in [-0.15, -0.1) is 0 Å². The van der Waals surface area contributed by atoms with E-state index in [9.17, 15) is 4.79 Å². The first-order valence-electron chi connectivity index (χ1n) is 9.60. The summed E-state index contributed by atoms with van der Waals surface area (Å²) in [5.41, 5.74) is 3.84. The molecule has 0 fully saturated rings. The Hall–Kier alpha value is -2.49. The molecule has 0 saturated heterocycles. The molecule has 28 heavy (non-hydrogen) atoms. The second-order valence-electron chi connectivity index (χ2n) is 9.41. The van der Waals surface area contributed by atoms with Gasteiger partial charge in [-0.2, -0.15) is 0 Å². The summed E-state index contributed by atoms with van der Waals surface area (Å²) < 4.78 is 16.6. The number of carbonyl (C=O) groups excluding carboxylic acids is 1. The van der Waals surface area contributed by atoms with Gasteiger partial charge in [-0.05, 0) is 34.1 Å². The van der Waals surface area contributed by atoms with Gasteiger partial charge in [0.2, 0.25) is 0 Å². The Kier molecular flexibility index (Phi) is 4.95. The number of hydrogen-bond donors (Lipinski definition) is 0. The highest BCUT2D eigenvalue weighted by Crippen LogP contribution is 2.48. The summed E-state index contributed by atoms with van der Waals surface area (Å²) in [4.78, 5) is 12.9. The van der Waals surface area contributed by atoms with Crippen molar-refractivity contribution in [3.8, 4) is 17.2 Å². The van der Waals surface area contributed by atoms with E-state index < -0.39 is 5.92 Å². The topological polar surface area (TPSA) is 44.8 Å². The van der Waals surface area contributed by atoms with Crippen molar-refractivity contribution in [2.24, 2.45) is 0 Å². The second-order valence-corrected chi connectivity index (χ2v) is 9.41. The van der Waals surface area contributed by atoms with Crippen molar-refractivity contribution in [3.05, 3.63) is 52.6 Å². The summed E-state index contributed by atoms with van der Waals surface area (Å²) in [6.45, 7) is 13.0. The molecule has 1 aliphatic rings. The molecule has 1 aliphatic heterocycles. The molecule has 0 radical (unpaired) electrons. The maximum absolute atomic E-state index is 12.9. The third-order valence-electron chi connectivity index (χ3n) is 5.28. The maximum Gasteiger partial charge on any atom is 0.323 e. The van der Waals surface area contributed by atoms with Gasteiger partial charge in [0.25, 0.3) is 0 Å². The number of fused-ring (bicyclic) bond motifs is 1. The molecule has 1 atom stereocenters. The van der Waals surface area contributed by atoms with Crippen molar-refractivity contribution in [1.29, 1.82) is 0 Å². The van der Waals surface area contributed by atoms with Crippen molar-refractivity contribution in [2.75, 3.05) is 14.2 Å². The van der Waals surface area contributed by atoms with E-state index >= 15 is 0 Å². The lowest BCUT2D eigenvalue weighted by Crippen LogP contribution is -2.17. The molecule has 0 saturated carbocycles. The third-order valence-corrected chi connectivity index (χ3v) is 5.28. The first-order chi connectivity index (χ1) is 13.0. The minimum Gasteiger partial charge on any atom is -0.493 e. The highest BCUT2D eigenvalue weighted by atomic mass is 16.5. The number of carbonyl (C=O) groups is 1. The predicted molar refractivity (Wildman–Crippen MR) is 111 cm³/mol. The SMILES string of the molecule is COc1ccc(C2C(=O)Oc3c2cc(C(C)(C)C)cc3C(C)(C)C)cc1OC. The van der Waals surface area contributed by atoms with Crippen molar-refractivity contribution in [2.45, 2.75) is 58.3 Å². The predicted octanol–water partition coefficient (Wildman–Crippen LogP) is 5.35. The van der Waals surface area contributed by atoms with Gasteiger partial charge < -0.3 is 14.2 Å². The molecule has 0 bridgehead atoms. The summed E-state index contributed by atoms with van der Waals surface area (Å²) in [7, 11) is 3.19. The molecule has 2 aromatic rings. The molecular weight excluding hydrogens is 352 g/mol. The monoisotopic (exact) mass is 382 g/mol. The van der Waals surface area contributed by atoms with Crippen LogP contribution in [0.3, 0.4) is 0 Å². The Morgan fingerprint density at radius 1 is 0.857 bits per heavy atom. The minimum absolute atomic E-state index is 0.0389. The Labute approximate surface area is 167 Å². The molecule has 4 heteroatoms. The molecule has 150 valence electrons. The lowest BCUT2D eigenvalue weighted by Gasteiger charge is -2.27. The van der Waals surface area contributed by atoms with Crippen LogP contribution in [0.25, 0.3) is 0 Å². The van der Waals surface area contributed by atoms with E-state index in [1.165, 1.54) is 5.56 Å². The van der Waals surface area contributed by atoms with Crippen LogP contribution in [0.4, 0.5) is 0 Å². The smallest absolute Gasteiger partial charge is 0.323 e. The molecular formula is C24H30O4. The van der Waals surface area contributed by atoms with Crippen LogP contribution in [0.1, 0.15) is 69.7 Å². The molecule has 2 aromatic carbocycles. The first-order valence-corrected chi connectivity index (χ1v) is 9.60. The Morgan fingerprint density at radius 2 is 1.50 bits per heavy atom. The molecule has 1 heterocycles. The minimum atomic E-state index is -0.474. The number of hydrogen-bond acceptors (Lipinski definition) is 4. The molecule has 1 unspecified atom stereocenters. The number of benzene rings is 2. The largest absolute Gasteiger partial charge is 0.493 e. The van der Waals surface area contributed by atoms with Crippen LogP contribution in [-0.4, -0.2) is 20.2 Å². The van der Waals surface area contributed by atoms with E-state index in [0.29, 0.717) is 17.2 Å². The summed E-state index contributed by atoms with van der Waals surface area (Å²) in [5, 5.41) is 0. The number of esters is 1. The fourth-order valence-electron chi connectivity index (χ4n) is 3.60. The van der Waals surface area contributed by atoms with Crippen LogP contribution in [0.5, 0.6) is 17.2 Å². The van der Waals surface area contributed by atoms with Crippen LogP contribution in [0.15, 0.2) is 30.3 Å². The van der Waals surface area contributed by atoms with Gasteiger partial charge in [0.1, 0.15) is 11.7 Å². The molecule has 0 amide bonds. The van der Waals surface area contributed by atoms with Gasteiger partial charge in [-0.25, -0.2) is 0 Å². The van der Waals surface area contributed by atoms with Crippen LogP contribution >= 0.6 is 0 Å². The van der Waals surface area contributed by atoms with Crippen LogP contribution < -0.4 is 14.2 Å². The average Bonchev–Trinajstić information content (AvgIpc) is 2.94. The lowest BCUT2D eigenvalue weighted by atomic mass is 9.77. The highest BCUT2D eigenvalue weighted by Gasteiger charge is 2.39. The number of ether oxygens (including phenoxy) is 3. The zero-order chi connectivity index (χ0) is 20.9. The normalized spacial score (nSPS) is 16.6. The molecule has 0 aromatic heterocycles. The number of methoxy groups -OCH3 is 2. The van der Waals surface area contributed by atoms with Crippen LogP contribution in [0, 0.1) is 0 Å². The van der Waals surface area contributed by atoms with E-state index in [1.54, 1.807) is 14.2 Å². The van der Waals surface area contributed by atoms with Gasteiger partial charge in [0.15, 0.2) is 11.5 Å². The van der Waals surface area contributed by atoms with E-state index in [-0.39, 0.29) is 16.8 Å². The quantitative estimate of drug-likeness (QED) is 0.530. The summed E-state index contributed by atoms with van der Waals surface area (Å²) in [6, 6.07) is 9.90. The summed E-state index contributed by atoms with van der Waals surface area (Å²) in [5.74, 6) is 1.21. The average molecular weight is 383 g/mol. The van der Waals surface area contributed by atoms with Gasteiger partial charge >= 0.3 is 5.97 Å². The number of rotatable bonds is 3. The molecule has 0 spiro atoms. The van der Waals surface area contributed by atoms with E-state index in [4.69, 9.17) is 14.2 Å². The fourth-order valence-corrected chi connectivity index (χ4v) is 3.60. The Morgan fingerprint density at radius 3 is 2.04 bits per heavy atom. The van der Waals surface area contributed by atoms with Crippen molar-refractivity contribution >= 4 is 5.97 Å². The molecule has 0 aliphatic carbocycles. The van der Waals surface area contributed by atoms with Crippen molar-refractivity contribution < 1.29 is 19.0 Å². The molecule has 3 rings (SSSR count). The fraction of sp³-hybridized carbons (Fsp3) is 0.458. The van der Waals surface area contributed by atoms with Crippen molar-refractivity contribution in [3.63, 3.8) is 0 Å². The first kappa shape index (κ1) is 20.2. The van der Waals surface area contributed by atoms with Crippen molar-refractivity contribution in [1.82, 2.24) is 0 Å². The highest BCUT2D eigenvalue weighted by molar-refractivity contribution is 5.90. The standard InChI is InChI=1S/C24H30O4/c1-23(2,3)15-12-16-20(14-9-10-18(26-7)19(11-14)27-8)22(25)28-21(16)17(13-15)24(4,5)6/h9-13,20H,1-8H3. The zero-order valence-electron chi connectivity index (χ0n) is 18.1. The lowest BCUT2D eigenvalue weighted by molar-refractivity contribution is -0.133. The van der Waals surface area contributed by atoms with Crippen LogP contribution in [-0.2, 0) is 15.6 Å². The van der Waals surface area contributed by atoms with Gasteiger partial charge in [-0.3, -0.25) is 4.79 Å². The molecule has 4 nitrogen and oxygen atoms in total. The van der Waals surface area contributed by atoms with E-state index in [0.717, 1.165) is 16.7 Å². The maximum atomic E-state index is 12.9. The summed E-state index contributed by atoms with van der Waals surface area (Å²) in [6.07, 6.45) is 0. The summed E-state index contributed by atoms with van der Waals surface area (Å²) >= 11 is 0. The molecule has 0 N–H and O–H groups in total. The van der Waals surface area contributed by atoms with Crippen LogP contribution in [0.2, 0.25) is 0 Å². The van der Waals surface area contributed by atoms with E-state index in [1.807, 2.05) is 18.2 Å². The second kappa shape index (κ2) is 6.84. The third kappa shape index (κ3) is 3.48. The Bertz CT molecular complexity index is 913. The van der Waals surface area contributed by atoms with Gasteiger partial charge in [0, 0.05) is 11.1 Å². The Balaban J connectivity index is 2.23. The van der Waals surface area contributed by atoms with E-state index in [2.05, 4.69) is 53.7 Å². The van der Waals surface area contributed by atoms with Gasteiger partial charge in [-0.1, -0.05) is 59.7 Å². The zero-order valence-corrected chi connectivity index (χ0v) is 18.1.